The summed E-state index contributed by atoms with van der Waals surface area (Å²) in [6, 6.07) is 3.91. The van der Waals surface area contributed by atoms with E-state index in [0.29, 0.717) is 17.5 Å². The lowest BCUT2D eigenvalue weighted by atomic mass is 9.80. The largest absolute Gasteiger partial charge is 0.361 e. The van der Waals surface area contributed by atoms with Gasteiger partial charge in [-0.2, -0.15) is 5.10 Å². The summed E-state index contributed by atoms with van der Waals surface area (Å²) in [5.74, 6) is 1.58. The molecule has 0 radical (unpaired) electrons. The first kappa shape index (κ1) is 23.0. The molecule has 2 aromatic rings. The quantitative estimate of drug-likeness (QED) is 0.725. The molecule has 0 aromatic carbocycles. The van der Waals surface area contributed by atoms with Gasteiger partial charge in [0.1, 0.15) is 11.6 Å². The number of aromatic nitrogens is 3. The molecule has 3 rings (SSSR count). The number of hydrogen-bond donors (Lipinski definition) is 2. The number of carbonyl (C=O) groups is 2. The maximum atomic E-state index is 12.6. The molecule has 8 nitrogen and oxygen atoms in total. The molecule has 8 heteroatoms. The Morgan fingerprint density at radius 2 is 1.87 bits per heavy atom. The highest BCUT2D eigenvalue weighted by Crippen LogP contribution is 2.37. The fourth-order valence-electron chi connectivity index (χ4n) is 4.10. The van der Waals surface area contributed by atoms with E-state index in [2.05, 4.69) is 36.6 Å². The van der Waals surface area contributed by atoms with E-state index in [4.69, 9.17) is 9.62 Å². The summed E-state index contributed by atoms with van der Waals surface area (Å²) in [7, 11) is 0. The van der Waals surface area contributed by atoms with Crippen LogP contribution in [0.25, 0.3) is 0 Å². The molecule has 170 valence electrons. The molecule has 0 spiro atoms. The minimum Gasteiger partial charge on any atom is -0.361 e. The van der Waals surface area contributed by atoms with Crippen LogP contribution in [0.15, 0.2) is 16.7 Å². The van der Waals surface area contributed by atoms with Crippen molar-refractivity contribution in [1.82, 2.24) is 20.3 Å². The minimum absolute atomic E-state index is 0.0767. The Kier molecular flexibility index (Phi) is 6.86. The van der Waals surface area contributed by atoms with Crippen LogP contribution in [0.3, 0.4) is 0 Å². The Balaban J connectivity index is 1.69. The number of carbonyl (C=O) groups excluding carboxylic acids is 2. The molecule has 2 amide bonds. The lowest BCUT2D eigenvalue weighted by Gasteiger charge is -2.27. The molecule has 0 atom stereocenters. The van der Waals surface area contributed by atoms with E-state index in [9.17, 15) is 9.59 Å². The zero-order valence-electron chi connectivity index (χ0n) is 19.5. The van der Waals surface area contributed by atoms with Crippen LogP contribution in [-0.4, -0.2) is 32.8 Å². The van der Waals surface area contributed by atoms with Crippen molar-refractivity contribution in [2.45, 2.75) is 91.1 Å². The molecule has 1 aliphatic carbocycles. The molecule has 1 saturated carbocycles. The number of aryl methyl sites for hydroxylation is 1. The van der Waals surface area contributed by atoms with Gasteiger partial charge >= 0.3 is 0 Å². The third kappa shape index (κ3) is 5.95. The smallest absolute Gasteiger partial charge is 0.233 e. The fourth-order valence-corrected chi connectivity index (χ4v) is 4.10. The Labute approximate surface area is 184 Å². The molecular formula is C23H35N5O3. The summed E-state index contributed by atoms with van der Waals surface area (Å²) in [6.07, 6.45) is 3.68. The van der Waals surface area contributed by atoms with Gasteiger partial charge in [0, 0.05) is 30.0 Å². The molecule has 0 bridgehead atoms. The van der Waals surface area contributed by atoms with Gasteiger partial charge in [-0.1, -0.05) is 5.16 Å². The highest BCUT2D eigenvalue weighted by Gasteiger charge is 2.30. The number of amides is 2. The average Bonchev–Trinajstić information content (AvgIpc) is 3.27. The third-order valence-corrected chi connectivity index (χ3v) is 5.59. The van der Waals surface area contributed by atoms with Crippen molar-refractivity contribution in [2.75, 3.05) is 5.32 Å². The lowest BCUT2D eigenvalue weighted by Crippen LogP contribution is -2.37. The SMILES string of the molecule is Cc1cc(CC(=O)Nc2cc([C@H]3CC[C@@H](C(=O)NC(C)C)CC3)nn2C(C)(C)C)on1. The van der Waals surface area contributed by atoms with Gasteiger partial charge < -0.3 is 15.2 Å². The Bertz CT molecular complexity index is 914. The molecule has 1 fully saturated rings. The Morgan fingerprint density at radius 1 is 1.19 bits per heavy atom. The monoisotopic (exact) mass is 429 g/mol. The normalized spacial score (nSPS) is 19.5. The first-order valence-corrected chi connectivity index (χ1v) is 11.2. The van der Waals surface area contributed by atoms with Crippen molar-refractivity contribution in [3.8, 4) is 0 Å². The van der Waals surface area contributed by atoms with Crippen molar-refractivity contribution in [2.24, 2.45) is 5.92 Å². The zero-order chi connectivity index (χ0) is 22.8. The fraction of sp³-hybridized carbons (Fsp3) is 0.652. The molecule has 2 heterocycles. The number of hydrogen-bond acceptors (Lipinski definition) is 5. The Hall–Kier alpha value is -2.64. The van der Waals surface area contributed by atoms with Gasteiger partial charge in [0.15, 0.2) is 0 Å². The number of nitrogens with zero attached hydrogens (tertiary/aromatic N) is 3. The standard InChI is InChI=1S/C23H35N5O3/c1-14(2)24-22(30)17-9-7-16(8-10-17)19-13-20(28(26-19)23(4,5)6)25-21(29)12-18-11-15(3)27-31-18/h11,13-14,16-17H,7-10,12H2,1-6H3,(H,24,30)(H,25,29)/t16-,17+. The number of rotatable bonds is 6. The van der Waals surface area contributed by atoms with Crippen LogP contribution in [0.1, 0.15) is 83.4 Å². The molecule has 2 N–H and O–H groups in total. The maximum Gasteiger partial charge on any atom is 0.233 e. The second-order valence-electron chi connectivity index (χ2n) is 9.91. The van der Waals surface area contributed by atoms with E-state index >= 15 is 0 Å². The lowest BCUT2D eigenvalue weighted by molar-refractivity contribution is -0.126. The van der Waals surface area contributed by atoms with E-state index in [1.807, 2.05) is 31.5 Å². The number of nitrogens with one attached hydrogen (secondary N) is 2. The van der Waals surface area contributed by atoms with Crippen molar-refractivity contribution < 1.29 is 14.1 Å². The van der Waals surface area contributed by atoms with E-state index in [1.54, 1.807) is 6.07 Å². The van der Waals surface area contributed by atoms with E-state index < -0.39 is 0 Å². The van der Waals surface area contributed by atoms with Crippen molar-refractivity contribution >= 4 is 17.6 Å². The van der Waals surface area contributed by atoms with Crippen LogP contribution in [0.2, 0.25) is 0 Å². The molecule has 0 unspecified atom stereocenters. The molecule has 0 aliphatic heterocycles. The molecule has 2 aromatic heterocycles. The summed E-state index contributed by atoms with van der Waals surface area (Å²) in [4.78, 5) is 24.9. The molecular weight excluding hydrogens is 394 g/mol. The number of anilines is 1. The topological polar surface area (TPSA) is 102 Å². The summed E-state index contributed by atoms with van der Waals surface area (Å²) < 4.78 is 7.04. The van der Waals surface area contributed by atoms with Crippen LogP contribution >= 0.6 is 0 Å². The Morgan fingerprint density at radius 3 is 2.42 bits per heavy atom. The van der Waals surface area contributed by atoms with Gasteiger partial charge in [-0.05, 0) is 67.2 Å². The van der Waals surface area contributed by atoms with Crippen molar-refractivity contribution in [3.05, 3.63) is 29.3 Å². The first-order chi connectivity index (χ1) is 14.5. The van der Waals surface area contributed by atoms with Crippen LogP contribution in [0, 0.1) is 12.8 Å². The first-order valence-electron chi connectivity index (χ1n) is 11.2. The summed E-state index contributed by atoms with van der Waals surface area (Å²) >= 11 is 0. The van der Waals surface area contributed by atoms with Gasteiger partial charge in [-0.3, -0.25) is 9.59 Å². The predicted octanol–water partition coefficient (Wildman–Crippen LogP) is 3.91. The minimum atomic E-state index is -0.280. The van der Waals surface area contributed by atoms with Gasteiger partial charge in [0.2, 0.25) is 11.8 Å². The summed E-state index contributed by atoms with van der Waals surface area (Å²) in [5.41, 5.74) is 1.45. The summed E-state index contributed by atoms with van der Waals surface area (Å²) in [5, 5.41) is 14.7. The zero-order valence-corrected chi connectivity index (χ0v) is 19.5. The van der Waals surface area contributed by atoms with Crippen molar-refractivity contribution in [3.63, 3.8) is 0 Å². The molecule has 31 heavy (non-hydrogen) atoms. The van der Waals surface area contributed by atoms with E-state index in [1.165, 1.54) is 0 Å². The second-order valence-corrected chi connectivity index (χ2v) is 9.91. The maximum absolute atomic E-state index is 12.6. The van der Waals surface area contributed by atoms with E-state index in [-0.39, 0.29) is 35.7 Å². The van der Waals surface area contributed by atoms with Crippen molar-refractivity contribution in [1.29, 1.82) is 0 Å². The van der Waals surface area contributed by atoms with Gasteiger partial charge in [-0.25, -0.2) is 4.68 Å². The van der Waals surface area contributed by atoms with Crippen LogP contribution < -0.4 is 10.6 Å². The van der Waals surface area contributed by atoms with Crippen LogP contribution in [-0.2, 0) is 21.5 Å². The average molecular weight is 430 g/mol. The van der Waals surface area contributed by atoms with Gasteiger partial charge in [0.05, 0.1) is 23.3 Å². The molecule has 0 saturated heterocycles. The highest BCUT2D eigenvalue weighted by molar-refractivity contribution is 5.91. The highest BCUT2D eigenvalue weighted by atomic mass is 16.5. The third-order valence-electron chi connectivity index (χ3n) is 5.59. The van der Waals surface area contributed by atoms with Crippen LogP contribution in [0.5, 0.6) is 0 Å². The van der Waals surface area contributed by atoms with Gasteiger partial charge in [0.25, 0.3) is 0 Å². The molecule has 1 aliphatic rings. The second kappa shape index (κ2) is 9.24. The van der Waals surface area contributed by atoms with E-state index in [0.717, 1.165) is 37.1 Å². The van der Waals surface area contributed by atoms with Gasteiger partial charge in [-0.15, -0.1) is 0 Å². The van der Waals surface area contributed by atoms with Crippen LogP contribution in [0.4, 0.5) is 5.82 Å². The predicted molar refractivity (Wildman–Crippen MR) is 119 cm³/mol. The summed E-state index contributed by atoms with van der Waals surface area (Å²) in [6.45, 7) is 12.0.